The summed E-state index contributed by atoms with van der Waals surface area (Å²) in [6.45, 7) is 1.54. The molecule has 0 aromatic rings. The van der Waals surface area contributed by atoms with E-state index in [4.69, 9.17) is 5.26 Å². The van der Waals surface area contributed by atoms with Gasteiger partial charge in [0, 0.05) is 19.0 Å². The topological polar surface area (TPSA) is 44.1 Å². The molecular formula is C11H16N2OS. The van der Waals surface area contributed by atoms with E-state index in [9.17, 15) is 4.79 Å². The van der Waals surface area contributed by atoms with Crippen molar-refractivity contribution in [2.45, 2.75) is 30.4 Å². The van der Waals surface area contributed by atoms with Crippen LogP contribution in [-0.4, -0.2) is 34.9 Å². The van der Waals surface area contributed by atoms with Crippen molar-refractivity contribution in [2.24, 2.45) is 5.92 Å². The maximum Gasteiger partial charge on any atom is 0.225 e. The molecule has 1 aliphatic carbocycles. The third-order valence-corrected chi connectivity index (χ3v) is 4.68. The zero-order valence-corrected chi connectivity index (χ0v) is 9.85. The largest absolute Gasteiger partial charge is 0.342 e. The summed E-state index contributed by atoms with van der Waals surface area (Å²) in [6, 6.07) is 2.40. The lowest BCUT2D eigenvalue weighted by Crippen LogP contribution is -2.45. The van der Waals surface area contributed by atoms with Gasteiger partial charge in [-0.1, -0.05) is 0 Å². The predicted octanol–water partition coefficient (Wildman–Crippen LogP) is 1.64. The second-order valence-electron chi connectivity index (χ2n) is 4.41. The van der Waals surface area contributed by atoms with Crippen molar-refractivity contribution in [2.75, 3.05) is 19.3 Å². The molecule has 1 amide bonds. The van der Waals surface area contributed by atoms with Gasteiger partial charge in [0.25, 0.3) is 0 Å². The smallest absolute Gasteiger partial charge is 0.225 e. The highest BCUT2D eigenvalue weighted by Crippen LogP contribution is 2.36. The molecule has 15 heavy (non-hydrogen) atoms. The number of nitrogens with zero attached hydrogens (tertiary/aromatic N) is 2. The zero-order valence-electron chi connectivity index (χ0n) is 9.03. The van der Waals surface area contributed by atoms with Gasteiger partial charge in [0.05, 0.1) is 6.07 Å². The molecule has 0 aromatic heterocycles. The van der Waals surface area contributed by atoms with Gasteiger partial charge in [-0.25, -0.2) is 0 Å². The number of amides is 1. The van der Waals surface area contributed by atoms with Crippen molar-refractivity contribution in [1.29, 1.82) is 5.26 Å². The van der Waals surface area contributed by atoms with Gasteiger partial charge in [-0.3, -0.25) is 4.79 Å². The maximum absolute atomic E-state index is 11.8. The molecule has 0 unspecified atom stereocenters. The van der Waals surface area contributed by atoms with Crippen LogP contribution in [0.3, 0.4) is 0 Å². The summed E-state index contributed by atoms with van der Waals surface area (Å²) >= 11 is 1.63. The monoisotopic (exact) mass is 224 g/mol. The zero-order chi connectivity index (χ0) is 10.9. The minimum absolute atomic E-state index is 0.236. The molecule has 0 N–H and O–H groups in total. The second kappa shape index (κ2) is 4.05. The third-order valence-electron chi connectivity index (χ3n) is 3.40. The van der Waals surface area contributed by atoms with E-state index in [0.29, 0.717) is 11.8 Å². The number of hydrogen-bond donors (Lipinski definition) is 0. The fourth-order valence-electron chi connectivity index (χ4n) is 2.04. The molecule has 0 spiro atoms. The molecule has 0 atom stereocenters. The summed E-state index contributed by atoms with van der Waals surface area (Å²) in [5.41, 5.74) is 0. The number of hydrogen-bond acceptors (Lipinski definition) is 3. The minimum Gasteiger partial charge on any atom is -0.342 e. The SMILES string of the molecule is CSC1(C#N)CCN(C(=O)C2CC2)CC1. The number of carbonyl (C=O) groups is 1. The van der Waals surface area contributed by atoms with Gasteiger partial charge < -0.3 is 4.90 Å². The molecule has 4 heteroatoms. The van der Waals surface area contributed by atoms with Crippen LogP contribution in [0.5, 0.6) is 0 Å². The van der Waals surface area contributed by atoms with Crippen molar-refractivity contribution in [3.05, 3.63) is 0 Å². The first-order valence-corrected chi connectivity index (χ1v) is 6.68. The molecule has 2 fully saturated rings. The van der Waals surface area contributed by atoms with E-state index in [1.165, 1.54) is 0 Å². The molecule has 2 aliphatic rings. The number of thioether (sulfide) groups is 1. The van der Waals surface area contributed by atoms with Crippen LogP contribution in [0.2, 0.25) is 0 Å². The number of rotatable bonds is 2. The number of nitriles is 1. The summed E-state index contributed by atoms with van der Waals surface area (Å²) in [5, 5.41) is 9.11. The van der Waals surface area contributed by atoms with Gasteiger partial charge in [-0.15, -0.1) is 11.8 Å². The lowest BCUT2D eigenvalue weighted by Gasteiger charge is -2.36. The number of piperidine rings is 1. The maximum atomic E-state index is 11.8. The van der Waals surface area contributed by atoms with E-state index in [-0.39, 0.29) is 4.75 Å². The van der Waals surface area contributed by atoms with Crippen LogP contribution in [0, 0.1) is 17.2 Å². The molecule has 1 saturated carbocycles. The molecule has 1 saturated heterocycles. The minimum atomic E-state index is -0.236. The van der Waals surface area contributed by atoms with Crippen molar-refractivity contribution in [3.8, 4) is 6.07 Å². The normalized spacial score (nSPS) is 24.7. The summed E-state index contributed by atoms with van der Waals surface area (Å²) in [7, 11) is 0. The Balaban J connectivity index is 1.91. The van der Waals surface area contributed by atoms with Gasteiger partial charge in [0.15, 0.2) is 0 Å². The Labute approximate surface area is 94.8 Å². The predicted molar refractivity (Wildman–Crippen MR) is 60.4 cm³/mol. The van der Waals surface area contributed by atoms with Crippen LogP contribution in [0.4, 0.5) is 0 Å². The average Bonchev–Trinajstić information content (AvgIpc) is 3.12. The Bertz CT molecular complexity index is 298. The highest BCUT2D eigenvalue weighted by molar-refractivity contribution is 8.00. The fourth-order valence-corrected chi connectivity index (χ4v) is 2.72. The third kappa shape index (κ3) is 2.12. The van der Waals surface area contributed by atoms with E-state index < -0.39 is 0 Å². The first kappa shape index (κ1) is 10.8. The van der Waals surface area contributed by atoms with Crippen molar-refractivity contribution < 1.29 is 4.79 Å². The molecule has 1 aliphatic heterocycles. The van der Waals surface area contributed by atoms with E-state index in [1.807, 2.05) is 11.2 Å². The van der Waals surface area contributed by atoms with Crippen LogP contribution in [-0.2, 0) is 4.79 Å². The van der Waals surface area contributed by atoms with E-state index in [2.05, 4.69) is 6.07 Å². The number of carbonyl (C=O) groups excluding carboxylic acids is 1. The van der Waals surface area contributed by atoms with Crippen molar-refractivity contribution in [1.82, 2.24) is 4.90 Å². The Morgan fingerprint density at radius 3 is 2.47 bits per heavy atom. The summed E-state index contributed by atoms with van der Waals surface area (Å²) < 4.78 is -0.236. The van der Waals surface area contributed by atoms with Crippen LogP contribution >= 0.6 is 11.8 Å². The summed E-state index contributed by atoms with van der Waals surface area (Å²) in [6.07, 6.45) is 5.77. The fraction of sp³-hybridized carbons (Fsp3) is 0.818. The van der Waals surface area contributed by atoms with Crippen LogP contribution in [0.25, 0.3) is 0 Å². The molecule has 0 bridgehead atoms. The highest BCUT2D eigenvalue weighted by atomic mass is 32.2. The van der Waals surface area contributed by atoms with Crippen molar-refractivity contribution >= 4 is 17.7 Å². The van der Waals surface area contributed by atoms with Gasteiger partial charge >= 0.3 is 0 Å². The standard InChI is InChI=1S/C11H16N2OS/c1-15-11(8-12)4-6-13(7-5-11)10(14)9-2-3-9/h9H,2-7H2,1H3. The Morgan fingerprint density at radius 1 is 1.47 bits per heavy atom. The molecular weight excluding hydrogens is 208 g/mol. The van der Waals surface area contributed by atoms with Gasteiger partial charge in [-0.2, -0.15) is 5.26 Å². The van der Waals surface area contributed by atoms with Crippen LogP contribution < -0.4 is 0 Å². The molecule has 82 valence electrons. The lowest BCUT2D eigenvalue weighted by molar-refractivity contribution is -0.133. The first-order chi connectivity index (χ1) is 7.21. The van der Waals surface area contributed by atoms with Gasteiger partial charge in [0.1, 0.15) is 4.75 Å². The van der Waals surface area contributed by atoms with Gasteiger partial charge in [-0.05, 0) is 31.9 Å². The highest BCUT2D eigenvalue weighted by Gasteiger charge is 2.39. The van der Waals surface area contributed by atoms with Gasteiger partial charge in [0.2, 0.25) is 5.91 Å². The van der Waals surface area contributed by atoms with Crippen molar-refractivity contribution in [3.63, 3.8) is 0 Å². The molecule has 2 rings (SSSR count). The van der Waals surface area contributed by atoms with E-state index >= 15 is 0 Å². The number of likely N-dealkylation sites (tertiary alicyclic amines) is 1. The van der Waals surface area contributed by atoms with E-state index in [0.717, 1.165) is 38.8 Å². The quantitative estimate of drug-likeness (QED) is 0.716. The van der Waals surface area contributed by atoms with Crippen LogP contribution in [0.1, 0.15) is 25.7 Å². The second-order valence-corrected chi connectivity index (χ2v) is 5.60. The summed E-state index contributed by atoms with van der Waals surface area (Å²) in [5.74, 6) is 0.636. The molecule has 0 aromatic carbocycles. The lowest BCUT2D eigenvalue weighted by atomic mass is 9.97. The molecule has 1 heterocycles. The first-order valence-electron chi connectivity index (χ1n) is 5.46. The Kier molecular flexibility index (Phi) is 2.92. The summed E-state index contributed by atoms with van der Waals surface area (Å²) in [4.78, 5) is 13.7. The molecule has 3 nitrogen and oxygen atoms in total. The molecule has 0 radical (unpaired) electrons. The Morgan fingerprint density at radius 2 is 2.07 bits per heavy atom. The van der Waals surface area contributed by atoms with E-state index in [1.54, 1.807) is 11.8 Å². The Hall–Kier alpha value is -0.690. The average molecular weight is 224 g/mol. The van der Waals surface area contributed by atoms with Crippen LogP contribution in [0.15, 0.2) is 0 Å².